The number of fused-ring (bicyclic) bond motifs is 1. The Labute approximate surface area is 238 Å². The van der Waals surface area contributed by atoms with Gasteiger partial charge in [0.15, 0.2) is 17.2 Å². The summed E-state index contributed by atoms with van der Waals surface area (Å²) in [5.41, 5.74) is 0.234. The Morgan fingerprint density at radius 3 is 2.51 bits per heavy atom. The van der Waals surface area contributed by atoms with Crippen molar-refractivity contribution in [3.05, 3.63) is 53.2 Å². The van der Waals surface area contributed by atoms with E-state index in [1.807, 2.05) is 27.7 Å². The average Bonchev–Trinajstić information content (AvgIpc) is 3.51. The SMILES string of the molecule is CCC(C)C(=O)Nc1ccc(Oc2c(C)c(C(=O)O)nn2C(C)(C)C)c(S(=O)(=O)NCc2ccc3c(c2)OCO3)c1. The van der Waals surface area contributed by atoms with Crippen LogP contribution in [0.25, 0.3) is 0 Å². The lowest BCUT2D eigenvalue weighted by Gasteiger charge is -2.23. The highest BCUT2D eigenvalue weighted by Gasteiger charge is 2.30. The molecule has 3 aromatic rings. The van der Waals surface area contributed by atoms with Gasteiger partial charge >= 0.3 is 5.97 Å². The standard InChI is InChI=1S/C28H34N4O8S/c1-7-16(2)25(33)30-19-9-11-21(40-26-17(3)24(27(34)35)31-32(26)28(4,5)6)23(13-19)41(36,37)29-14-18-8-10-20-22(12-18)39-15-38-20/h8-13,16,29H,7,14-15H2,1-6H3,(H,30,33)(H,34,35). The third-order valence-corrected chi connectivity index (χ3v) is 8.00. The van der Waals surface area contributed by atoms with Crippen LogP contribution in [0.15, 0.2) is 41.3 Å². The van der Waals surface area contributed by atoms with E-state index in [1.165, 1.54) is 22.9 Å². The molecule has 3 N–H and O–H groups in total. The second-order valence-corrected chi connectivity index (χ2v) is 12.5. The first-order valence-corrected chi connectivity index (χ1v) is 14.5. The molecule has 4 rings (SSSR count). The first-order valence-electron chi connectivity index (χ1n) is 13.1. The Balaban J connectivity index is 1.74. The van der Waals surface area contributed by atoms with E-state index < -0.39 is 21.5 Å². The van der Waals surface area contributed by atoms with Gasteiger partial charge in [-0.1, -0.05) is 19.9 Å². The molecule has 2 aromatic carbocycles. The molecule has 0 aliphatic carbocycles. The van der Waals surface area contributed by atoms with Crippen LogP contribution >= 0.6 is 0 Å². The molecule has 0 spiro atoms. The molecule has 1 atom stereocenters. The Kier molecular flexibility index (Phi) is 8.31. The number of benzene rings is 2. The van der Waals surface area contributed by atoms with Crippen molar-refractivity contribution >= 4 is 27.6 Å². The Morgan fingerprint density at radius 1 is 1.15 bits per heavy atom. The Bertz CT molecular complexity index is 1590. The lowest BCUT2D eigenvalue weighted by Crippen LogP contribution is -2.26. The molecule has 1 aliphatic rings. The van der Waals surface area contributed by atoms with Gasteiger partial charge in [0, 0.05) is 23.7 Å². The van der Waals surface area contributed by atoms with Gasteiger partial charge in [-0.05, 0) is 70.0 Å². The second kappa shape index (κ2) is 11.4. The summed E-state index contributed by atoms with van der Waals surface area (Å²) >= 11 is 0. The molecule has 1 amide bonds. The van der Waals surface area contributed by atoms with E-state index in [2.05, 4.69) is 15.1 Å². The lowest BCUT2D eigenvalue weighted by atomic mass is 10.1. The minimum absolute atomic E-state index is 0.0655. The second-order valence-electron chi connectivity index (χ2n) is 10.7. The average molecular weight is 587 g/mol. The monoisotopic (exact) mass is 586 g/mol. The molecule has 220 valence electrons. The van der Waals surface area contributed by atoms with E-state index >= 15 is 0 Å². The Morgan fingerprint density at radius 2 is 1.85 bits per heavy atom. The highest BCUT2D eigenvalue weighted by atomic mass is 32.2. The van der Waals surface area contributed by atoms with Crippen molar-refractivity contribution in [1.82, 2.24) is 14.5 Å². The van der Waals surface area contributed by atoms with Crippen LogP contribution in [0.2, 0.25) is 0 Å². The molecule has 0 fully saturated rings. The van der Waals surface area contributed by atoms with E-state index in [1.54, 1.807) is 32.0 Å². The number of nitrogens with one attached hydrogen (secondary N) is 2. The van der Waals surface area contributed by atoms with Gasteiger partial charge in [0.1, 0.15) is 10.6 Å². The fourth-order valence-electron chi connectivity index (χ4n) is 4.00. The lowest BCUT2D eigenvalue weighted by molar-refractivity contribution is -0.119. The van der Waals surface area contributed by atoms with Crippen LogP contribution in [0.5, 0.6) is 23.1 Å². The number of aromatic nitrogens is 2. The fourth-order valence-corrected chi connectivity index (χ4v) is 5.17. The van der Waals surface area contributed by atoms with Gasteiger partial charge in [-0.15, -0.1) is 0 Å². The molecule has 0 saturated heterocycles. The smallest absolute Gasteiger partial charge is 0.356 e. The number of hydrogen-bond acceptors (Lipinski definition) is 8. The zero-order valence-corrected chi connectivity index (χ0v) is 24.6. The summed E-state index contributed by atoms with van der Waals surface area (Å²) in [7, 11) is -4.22. The van der Waals surface area contributed by atoms with Crippen LogP contribution in [-0.4, -0.2) is 42.0 Å². The highest BCUT2D eigenvalue weighted by Crippen LogP contribution is 2.37. The molecule has 0 saturated carbocycles. The normalized spacial score (nSPS) is 13.6. The summed E-state index contributed by atoms with van der Waals surface area (Å²) in [4.78, 5) is 24.1. The third-order valence-electron chi connectivity index (χ3n) is 6.58. The van der Waals surface area contributed by atoms with E-state index in [0.29, 0.717) is 23.5 Å². The van der Waals surface area contributed by atoms with Crippen LogP contribution in [0.1, 0.15) is 62.7 Å². The number of aromatic carboxylic acids is 1. The fraction of sp³-hybridized carbons (Fsp3) is 0.393. The number of amides is 1. The predicted molar refractivity (Wildman–Crippen MR) is 150 cm³/mol. The molecule has 0 radical (unpaired) electrons. The number of rotatable bonds is 10. The number of hydrogen-bond donors (Lipinski definition) is 3. The number of nitrogens with zero attached hydrogens (tertiary/aromatic N) is 2. The van der Waals surface area contributed by atoms with Gasteiger partial charge < -0.3 is 24.6 Å². The molecule has 2 heterocycles. The van der Waals surface area contributed by atoms with Crippen molar-refractivity contribution in [3.8, 4) is 23.1 Å². The first kappa shape index (κ1) is 29.9. The number of ether oxygens (including phenoxy) is 3. The molecule has 1 aliphatic heterocycles. The largest absolute Gasteiger partial charge is 0.476 e. The number of carbonyl (C=O) groups is 2. The summed E-state index contributed by atoms with van der Waals surface area (Å²) < 4.78 is 48.2. The van der Waals surface area contributed by atoms with Gasteiger partial charge in [0.05, 0.1) is 5.54 Å². The minimum Gasteiger partial charge on any atom is -0.476 e. The van der Waals surface area contributed by atoms with Crippen LogP contribution in [0, 0.1) is 12.8 Å². The van der Waals surface area contributed by atoms with Gasteiger partial charge in [-0.2, -0.15) is 5.10 Å². The molecule has 1 aromatic heterocycles. The van der Waals surface area contributed by atoms with E-state index in [4.69, 9.17) is 14.2 Å². The molecule has 0 bridgehead atoms. The van der Waals surface area contributed by atoms with Crippen molar-refractivity contribution in [1.29, 1.82) is 0 Å². The van der Waals surface area contributed by atoms with Gasteiger partial charge in [-0.3, -0.25) is 4.79 Å². The highest BCUT2D eigenvalue weighted by molar-refractivity contribution is 7.89. The molecule has 1 unspecified atom stereocenters. The zero-order valence-electron chi connectivity index (χ0n) is 23.8. The molecular weight excluding hydrogens is 552 g/mol. The van der Waals surface area contributed by atoms with Crippen LogP contribution in [0.3, 0.4) is 0 Å². The maximum atomic E-state index is 13.7. The van der Waals surface area contributed by atoms with Crippen LogP contribution in [-0.2, 0) is 26.9 Å². The van der Waals surface area contributed by atoms with Crippen molar-refractivity contribution in [2.24, 2.45) is 5.92 Å². The quantitative estimate of drug-likeness (QED) is 0.308. The molecule has 41 heavy (non-hydrogen) atoms. The van der Waals surface area contributed by atoms with Crippen molar-refractivity contribution in [2.45, 2.75) is 64.9 Å². The summed E-state index contributed by atoms with van der Waals surface area (Å²) in [6.07, 6.45) is 0.608. The number of carboxylic acids is 1. The zero-order chi connectivity index (χ0) is 30.1. The Hall–Kier alpha value is -4.10. The van der Waals surface area contributed by atoms with Gasteiger partial charge in [-0.25, -0.2) is 22.6 Å². The number of carboxylic acid groups (broad SMARTS) is 1. The third kappa shape index (κ3) is 6.46. The molecular formula is C28H34N4O8S. The number of carbonyl (C=O) groups excluding carboxylic acids is 1. The van der Waals surface area contributed by atoms with Crippen molar-refractivity contribution < 1.29 is 37.3 Å². The molecule has 12 nitrogen and oxygen atoms in total. The predicted octanol–water partition coefficient (Wildman–Crippen LogP) is 4.63. The van der Waals surface area contributed by atoms with Gasteiger partial charge in [0.2, 0.25) is 28.6 Å². The van der Waals surface area contributed by atoms with E-state index in [0.717, 1.165) is 0 Å². The summed E-state index contributed by atoms with van der Waals surface area (Å²) in [5.74, 6) is -0.687. The summed E-state index contributed by atoms with van der Waals surface area (Å²) in [5, 5.41) is 16.6. The summed E-state index contributed by atoms with van der Waals surface area (Å²) in [6, 6.07) is 9.35. The number of anilines is 1. The van der Waals surface area contributed by atoms with Gasteiger partial charge in [0.25, 0.3) is 0 Å². The van der Waals surface area contributed by atoms with E-state index in [9.17, 15) is 23.1 Å². The maximum Gasteiger partial charge on any atom is 0.356 e. The minimum atomic E-state index is -4.22. The number of sulfonamides is 1. The van der Waals surface area contributed by atoms with Crippen LogP contribution < -0.4 is 24.2 Å². The maximum absolute atomic E-state index is 13.7. The topological polar surface area (TPSA) is 158 Å². The van der Waals surface area contributed by atoms with Crippen molar-refractivity contribution in [3.63, 3.8) is 0 Å². The first-order chi connectivity index (χ1) is 19.2. The van der Waals surface area contributed by atoms with Crippen molar-refractivity contribution in [2.75, 3.05) is 12.1 Å². The molecule has 13 heteroatoms. The summed E-state index contributed by atoms with van der Waals surface area (Å²) in [6.45, 7) is 10.7. The van der Waals surface area contributed by atoms with Crippen LogP contribution in [0.4, 0.5) is 5.69 Å². The van der Waals surface area contributed by atoms with E-state index in [-0.39, 0.29) is 58.6 Å².